The summed E-state index contributed by atoms with van der Waals surface area (Å²) in [6.07, 6.45) is -6.64. The Morgan fingerprint density at radius 2 is 2.35 bits per heavy atom. The number of unbranched alkanes of at least 4 members (excludes halogenated alkanes) is 1. The summed E-state index contributed by atoms with van der Waals surface area (Å²) in [5.41, 5.74) is -2.94. The first kappa shape index (κ1) is 7.63. The highest BCUT2D eigenvalue weighted by Gasteiger charge is 2.45. The Kier molecular flexibility index (Phi) is 2.06. The summed E-state index contributed by atoms with van der Waals surface area (Å²) in [6, 6.07) is 1.68. The molecule has 2 atom stereocenters. The van der Waals surface area contributed by atoms with Crippen molar-refractivity contribution < 1.29 is 24.9 Å². The van der Waals surface area contributed by atoms with Crippen LogP contribution in [0, 0.1) is 5.89 Å². The standard InChI is InChI=1S/C21H30O2/c1-5-6-7-8-15-12-18(22)20-16-11-14(2)9-10-17(16)21(3,4)23-19(20)13-15/h11-13,16-17,22H,5-10H2,1-4H3/t16-,17-/m1/s1/i2D3,8D2,9D2,10D2,11D,17D. The number of benzene rings is 1. The zero-order chi connectivity index (χ0) is 26.3. The third-order valence-electron chi connectivity index (χ3n) is 4.18. The zero-order valence-electron chi connectivity index (χ0n) is 24.7. The molecule has 1 aliphatic carbocycles. The van der Waals surface area contributed by atoms with Crippen molar-refractivity contribution in [2.75, 3.05) is 0 Å². The lowest BCUT2D eigenvalue weighted by atomic mass is 9.68. The number of ether oxygens (including phenoxy) is 1. The molecule has 0 saturated heterocycles. The molecule has 2 aliphatic rings. The largest absolute Gasteiger partial charge is 0.507 e. The van der Waals surface area contributed by atoms with E-state index in [2.05, 4.69) is 0 Å². The molecule has 1 aromatic carbocycles. The van der Waals surface area contributed by atoms with Gasteiger partial charge in [0, 0.05) is 31.1 Å². The number of aromatic hydroxyl groups is 1. The Morgan fingerprint density at radius 3 is 3.09 bits per heavy atom. The smallest absolute Gasteiger partial charge is 0.127 e. The summed E-state index contributed by atoms with van der Waals surface area (Å²) in [5.74, 6) is -4.85. The number of allylic oxidation sites excluding steroid dienone is 2. The fourth-order valence-electron chi connectivity index (χ4n) is 3.00. The third kappa shape index (κ3) is 3.13. The van der Waals surface area contributed by atoms with Gasteiger partial charge in [0.2, 0.25) is 0 Å². The third-order valence-corrected chi connectivity index (χ3v) is 4.18. The van der Waals surface area contributed by atoms with Crippen LogP contribution in [-0.4, -0.2) is 10.7 Å². The van der Waals surface area contributed by atoms with Crippen molar-refractivity contribution in [3.63, 3.8) is 0 Å². The van der Waals surface area contributed by atoms with Gasteiger partial charge in [-0.25, -0.2) is 0 Å². The molecule has 0 fully saturated rings. The van der Waals surface area contributed by atoms with Crippen LogP contribution in [0.15, 0.2) is 23.8 Å². The van der Waals surface area contributed by atoms with Gasteiger partial charge in [-0.3, -0.25) is 0 Å². The van der Waals surface area contributed by atoms with E-state index in [0.717, 1.165) is 12.5 Å². The van der Waals surface area contributed by atoms with Crippen molar-refractivity contribution in [2.24, 2.45) is 5.89 Å². The van der Waals surface area contributed by atoms with Crippen molar-refractivity contribution in [1.29, 1.82) is 0 Å². The van der Waals surface area contributed by atoms with Gasteiger partial charge in [-0.2, -0.15) is 0 Å². The van der Waals surface area contributed by atoms with Crippen molar-refractivity contribution >= 4 is 0 Å². The van der Waals surface area contributed by atoms with E-state index >= 15 is 0 Å². The first-order chi connectivity index (χ1) is 15.2. The van der Waals surface area contributed by atoms with Gasteiger partial charge in [-0.15, -0.1) is 0 Å². The molecule has 0 aromatic heterocycles. The van der Waals surface area contributed by atoms with Crippen LogP contribution < -0.4 is 4.74 Å². The number of hydrogen-bond donors (Lipinski definition) is 1. The minimum atomic E-state index is -3.20. The highest BCUT2D eigenvalue weighted by Crippen LogP contribution is 2.53. The molecule has 2 nitrogen and oxygen atoms in total. The molecule has 0 unspecified atom stereocenters. The highest BCUT2D eigenvalue weighted by molar-refractivity contribution is 5.53. The van der Waals surface area contributed by atoms with E-state index in [4.69, 9.17) is 18.4 Å². The topological polar surface area (TPSA) is 29.5 Å². The van der Waals surface area contributed by atoms with Crippen LogP contribution in [0.25, 0.3) is 0 Å². The lowest BCUT2D eigenvalue weighted by Gasteiger charge is -2.46. The molecular weight excluding hydrogens is 284 g/mol. The fourth-order valence-corrected chi connectivity index (χ4v) is 3.00. The SMILES string of the molecule is [2H]C1=C(C([2H])([2H])[2H])C([2H])([2H])C([2H])([2H])[C@]2([2H])[C@@H]1c1c(O)cc(C([2H])([2H])CCCC)cc1OC2(C)C. The number of aryl methyl sites for hydroxylation is 1. The lowest BCUT2D eigenvalue weighted by Crippen LogP contribution is -2.45. The van der Waals surface area contributed by atoms with Crippen molar-refractivity contribution in [3.05, 3.63) is 34.9 Å². The maximum Gasteiger partial charge on any atom is 0.127 e. The van der Waals surface area contributed by atoms with Crippen molar-refractivity contribution in [1.82, 2.24) is 0 Å². The predicted octanol–water partition coefficient (Wildman–Crippen LogP) is 5.74. The van der Waals surface area contributed by atoms with E-state index in [1.807, 2.05) is 6.92 Å². The molecule has 0 radical (unpaired) electrons. The van der Waals surface area contributed by atoms with E-state index in [-0.39, 0.29) is 23.3 Å². The summed E-state index contributed by atoms with van der Waals surface area (Å²) >= 11 is 0. The fraction of sp³-hybridized carbons (Fsp3) is 0.619. The Hall–Kier alpha value is -1.44. The maximum atomic E-state index is 11.0. The molecule has 0 spiro atoms. The second-order valence-corrected chi connectivity index (χ2v) is 6.42. The normalized spacial score (nSPS) is 41.3. The number of phenols is 1. The molecule has 2 heteroatoms. The van der Waals surface area contributed by atoms with Gasteiger partial charge in [0.15, 0.2) is 0 Å². The molecular formula is C21H30O2. The Bertz CT molecular complexity index is 1030. The van der Waals surface area contributed by atoms with Crippen LogP contribution in [0.5, 0.6) is 11.5 Å². The molecule has 3 rings (SSSR count). The van der Waals surface area contributed by atoms with Gasteiger partial charge in [0.1, 0.15) is 17.1 Å². The highest BCUT2D eigenvalue weighted by atomic mass is 16.5. The number of rotatable bonds is 4. The monoisotopic (exact) mass is 325 g/mol. The summed E-state index contributed by atoms with van der Waals surface area (Å²) < 4.78 is 98.2. The molecule has 126 valence electrons. The number of hydrogen-bond acceptors (Lipinski definition) is 2. The molecule has 1 N–H and O–H groups in total. The van der Waals surface area contributed by atoms with Gasteiger partial charge < -0.3 is 9.84 Å². The molecule has 0 amide bonds. The molecule has 1 aromatic rings. The Balaban J connectivity index is 2.40. The molecule has 0 bridgehead atoms. The second kappa shape index (κ2) is 6.22. The average Bonchev–Trinajstić information content (AvgIpc) is 2.64. The molecule has 1 heterocycles. The van der Waals surface area contributed by atoms with E-state index < -0.39 is 60.8 Å². The first-order valence-corrected chi connectivity index (χ1v) is 7.96. The number of phenolic OH excluding ortho intramolecular Hbond substituents is 1. The minimum Gasteiger partial charge on any atom is -0.507 e. The zero-order valence-corrected chi connectivity index (χ0v) is 13.7. The van der Waals surface area contributed by atoms with Crippen LogP contribution in [0.3, 0.4) is 0 Å². The van der Waals surface area contributed by atoms with E-state index in [1.165, 1.54) is 19.9 Å². The van der Waals surface area contributed by atoms with E-state index in [9.17, 15) is 6.48 Å². The molecule has 0 saturated carbocycles. The van der Waals surface area contributed by atoms with Crippen LogP contribution in [0.1, 0.15) is 91.8 Å². The molecule has 23 heavy (non-hydrogen) atoms. The average molecular weight is 326 g/mol. The first-order valence-electron chi connectivity index (χ1n) is 13.5. The minimum absolute atomic E-state index is 0.0823. The van der Waals surface area contributed by atoms with E-state index in [1.54, 1.807) is 0 Å². The van der Waals surface area contributed by atoms with Crippen LogP contribution in [0.2, 0.25) is 0 Å². The van der Waals surface area contributed by atoms with Gasteiger partial charge in [0.05, 0.1) is 1.37 Å². The van der Waals surface area contributed by atoms with Crippen LogP contribution >= 0.6 is 0 Å². The van der Waals surface area contributed by atoms with Gasteiger partial charge in [0.25, 0.3) is 0 Å². The quantitative estimate of drug-likeness (QED) is 0.716. The van der Waals surface area contributed by atoms with Crippen molar-refractivity contribution in [3.8, 4) is 11.5 Å². The van der Waals surface area contributed by atoms with E-state index in [0.29, 0.717) is 6.42 Å². The second-order valence-electron chi connectivity index (χ2n) is 6.42. The number of fused-ring (bicyclic) bond motifs is 3. The van der Waals surface area contributed by atoms with Crippen LogP contribution in [-0.2, 0) is 6.37 Å². The lowest BCUT2D eigenvalue weighted by molar-refractivity contribution is 0.0107. The van der Waals surface area contributed by atoms with Gasteiger partial charge >= 0.3 is 0 Å². The van der Waals surface area contributed by atoms with Crippen LogP contribution in [0.4, 0.5) is 0 Å². The van der Waals surface area contributed by atoms with Crippen molar-refractivity contribution in [2.45, 2.75) is 77.5 Å². The summed E-state index contributed by atoms with van der Waals surface area (Å²) in [5, 5.41) is 11.0. The Morgan fingerprint density at radius 1 is 1.52 bits per heavy atom. The van der Waals surface area contributed by atoms with Gasteiger partial charge in [-0.05, 0) is 63.9 Å². The maximum absolute atomic E-state index is 11.0. The predicted molar refractivity (Wildman–Crippen MR) is 95.3 cm³/mol. The summed E-state index contributed by atoms with van der Waals surface area (Å²) in [4.78, 5) is 0. The van der Waals surface area contributed by atoms with Gasteiger partial charge in [-0.1, -0.05) is 31.4 Å². The Labute approximate surface area is 156 Å². The summed E-state index contributed by atoms with van der Waals surface area (Å²) in [7, 11) is 0. The molecule has 1 aliphatic heterocycles. The summed E-state index contributed by atoms with van der Waals surface area (Å²) in [6.45, 7) is 1.46.